The Hall–Kier alpha value is -0.470. The van der Waals surface area contributed by atoms with Crippen LogP contribution in [0.15, 0.2) is 0 Å². The van der Waals surface area contributed by atoms with Crippen molar-refractivity contribution in [1.82, 2.24) is 0 Å². The van der Waals surface area contributed by atoms with E-state index in [1.54, 1.807) is 0 Å². The van der Waals surface area contributed by atoms with Crippen LogP contribution in [0.2, 0.25) is 0 Å². The van der Waals surface area contributed by atoms with Crippen molar-refractivity contribution in [3.05, 3.63) is 0 Å². The summed E-state index contributed by atoms with van der Waals surface area (Å²) in [6.45, 7) is 0.822. The van der Waals surface area contributed by atoms with Gasteiger partial charge in [-0.05, 0) is 61.7 Å². The highest BCUT2D eigenvalue weighted by atomic mass is 19.3. The van der Waals surface area contributed by atoms with Crippen LogP contribution in [0.4, 0.5) is 8.78 Å². The minimum atomic E-state index is -3.18. The van der Waals surface area contributed by atoms with Gasteiger partial charge in [0.25, 0.3) is 0 Å². The van der Waals surface area contributed by atoms with E-state index >= 15 is 0 Å². The topological polar surface area (TPSA) is 17.1 Å². The second-order valence-corrected chi connectivity index (χ2v) is 9.61. The molecule has 26 heavy (non-hydrogen) atoms. The molecule has 0 bridgehead atoms. The fourth-order valence-electron chi connectivity index (χ4n) is 6.79. The highest BCUT2D eigenvalue weighted by Gasteiger charge is 2.53. The van der Waals surface area contributed by atoms with E-state index in [4.69, 9.17) is 0 Å². The van der Waals surface area contributed by atoms with Gasteiger partial charge >= 0.3 is 5.92 Å². The lowest BCUT2D eigenvalue weighted by molar-refractivity contribution is -0.151. The van der Waals surface area contributed by atoms with Gasteiger partial charge in [-0.1, -0.05) is 57.8 Å². The van der Waals surface area contributed by atoms with Gasteiger partial charge in [-0.25, -0.2) is 0 Å². The molecule has 3 heteroatoms. The third-order valence-electron chi connectivity index (χ3n) is 8.05. The molecule has 0 aliphatic heterocycles. The first-order valence-corrected chi connectivity index (χ1v) is 11.4. The molecular weight excluding hydrogens is 330 g/mol. The molecule has 0 aromatic heterocycles. The van der Waals surface area contributed by atoms with Crippen molar-refractivity contribution in [2.24, 2.45) is 23.2 Å². The predicted molar refractivity (Wildman–Crippen MR) is 102 cm³/mol. The van der Waals surface area contributed by atoms with Crippen LogP contribution in [0.5, 0.6) is 0 Å². The molecule has 0 N–H and O–H groups in total. The molecule has 3 aliphatic carbocycles. The van der Waals surface area contributed by atoms with Gasteiger partial charge in [0, 0.05) is 13.3 Å². The number of halogens is 2. The standard InChI is InChI=1S/C23H38F2O/c1-22(24,25)21(26)17-23(18-11-5-2-6-12-18,19-13-7-3-8-14-19)20-15-9-4-10-16-20/h18-20H,2-17H2,1H3. The van der Waals surface area contributed by atoms with Gasteiger partial charge in [0.15, 0.2) is 0 Å². The zero-order chi connectivity index (χ0) is 18.6. The zero-order valence-electron chi connectivity index (χ0n) is 16.7. The lowest BCUT2D eigenvalue weighted by Gasteiger charge is -2.55. The van der Waals surface area contributed by atoms with E-state index in [1.807, 2.05) is 0 Å². The molecule has 0 amide bonds. The summed E-state index contributed by atoms with van der Waals surface area (Å²) in [5.74, 6) is -2.47. The van der Waals surface area contributed by atoms with Crippen molar-refractivity contribution in [3.63, 3.8) is 0 Å². The Morgan fingerprint density at radius 3 is 1.27 bits per heavy atom. The molecular formula is C23H38F2O. The third kappa shape index (κ3) is 4.33. The van der Waals surface area contributed by atoms with Crippen molar-refractivity contribution in [3.8, 4) is 0 Å². The van der Waals surface area contributed by atoms with Crippen LogP contribution in [-0.4, -0.2) is 11.7 Å². The molecule has 3 aliphatic rings. The van der Waals surface area contributed by atoms with Gasteiger partial charge < -0.3 is 0 Å². The number of Topliss-reactive ketones (excluding diaryl/α,β-unsaturated/α-hetero) is 1. The molecule has 0 unspecified atom stereocenters. The van der Waals surface area contributed by atoms with Crippen molar-refractivity contribution in [2.45, 2.75) is 116 Å². The molecule has 0 aromatic carbocycles. The Morgan fingerprint density at radius 1 is 0.692 bits per heavy atom. The molecule has 0 heterocycles. The van der Waals surface area contributed by atoms with E-state index in [0.29, 0.717) is 17.8 Å². The maximum Gasteiger partial charge on any atom is 0.302 e. The molecule has 0 spiro atoms. The molecule has 0 atom stereocenters. The van der Waals surface area contributed by atoms with Crippen LogP contribution < -0.4 is 0 Å². The molecule has 0 aromatic rings. The minimum absolute atomic E-state index is 0.141. The number of ketones is 1. The number of carbonyl (C=O) groups is 1. The monoisotopic (exact) mass is 368 g/mol. The maximum absolute atomic E-state index is 14.0. The van der Waals surface area contributed by atoms with Gasteiger partial charge in [-0.3, -0.25) is 4.79 Å². The van der Waals surface area contributed by atoms with E-state index in [9.17, 15) is 13.6 Å². The highest BCUT2D eigenvalue weighted by Crippen LogP contribution is 2.59. The Bertz CT molecular complexity index is 404. The lowest BCUT2D eigenvalue weighted by atomic mass is 9.49. The van der Waals surface area contributed by atoms with Crippen LogP contribution in [0.25, 0.3) is 0 Å². The molecule has 150 valence electrons. The van der Waals surface area contributed by atoms with E-state index in [1.165, 1.54) is 57.8 Å². The van der Waals surface area contributed by atoms with Gasteiger partial charge in [-0.15, -0.1) is 0 Å². The summed E-state index contributed by atoms with van der Waals surface area (Å²) in [4.78, 5) is 12.7. The predicted octanol–water partition coefficient (Wildman–Crippen LogP) is 7.33. The number of hydrogen-bond donors (Lipinski definition) is 0. The summed E-state index contributed by atoms with van der Waals surface area (Å²) in [6.07, 6.45) is 18.3. The van der Waals surface area contributed by atoms with Gasteiger partial charge in [0.1, 0.15) is 0 Å². The first-order valence-electron chi connectivity index (χ1n) is 11.4. The SMILES string of the molecule is CC(F)(F)C(=O)CC(C1CCCCC1)(C1CCCCC1)C1CCCCC1. The first kappa shape index (κ1) is 20.3. The van der Waals surface area contributed by atoms with Crippen LogP contribution in [0.1, 0.15) is 110 Å². The van der Waals surface area contributed by atoms with Gasteiger partial charge in [0.05, 0.1) is 0 Å². The van der Waals surface area contributed by atoms with Crippen LogP contribution in [0.3, 0.4) is 0 Å². The van der Waals surface area contributed by atoms with Crippen molar-refractivity contribution < 1.29 is 13.6 Å². The molecule has 3 saturated carbocycles. The smallest absolute Gasteiger partial charge is 0.293 e. The number of alkyl halides is 2. The first-order chi connectivity index (χ1) is 12.4. The largest absolute Gasteiger partial charge is 0.302 e. The Morgan fingerprint density at radius 2 is 1.00 bits per heavy atom. The van der Waals surface area contributed by atoms with Crippen molar-refractivity contribution in [2.75, 3.05) is 0 Å². The summed E-state index contributed by atoms with van der Waals surface area (Å²) in [6, 6.07) is 0. The Kier molecular flexibility index (Phi) is 6.78. The summed E-state index contributed by atoms with van der Waals surface area (Å²) in [5, 5.41) is 0. The van der Waals surface area contributed by atoms with E-state index in [0.717, 1.165) is 45.4 Å². The summed E-state index contributed by atoms with van der Waals surface area (Å²) in [7, 11) is 0. The summed E-state index contributed by atoms with van der Waals surface area (Å²) < 4.78 is 28.0. The zero-order valence-corrected chi connectivity index (χ0v) is 16.7. The van der Waals surface area contributed by atoms with Crippen LogP contribution in [0, 0.1) is 23.2 Å². The van der Waals surface area contributed by atoms with Crippen LogP contribution in [-0.2, 0) is 4.79 Å². The van der Waals surface area contributed by atoms with Gasteiger partial charge in [-0.2, -0.15) is 8.78 Å². The third-order valence-corrected chi connectivity index (χ3v) is 8.05. The fraction of sp³-hybridized carbons (Fsp3) is 0.957. The average Bonchev–Trinajstić information content (AvgIpc) is 2.67. The lowest BCUT2D eigenvalue weighted by Crippen LogP contribution is -2.49. The molecule has 0 radical (unpaired) electrons. The summed E-state index contributed by atoms with van der Waals surface area (Å²) in [5.41, 5.74) is -0.141. The fourth-order valence-corrected chi connectivity index (χ4v) is 6.79. The molecule has 3 rings (SSSR count). The number of rotatable bonds is 6. The molecule has 3 fully saturated rings. The molecule has 1 nitrogen and oxygen atoms in total. The highest BCUT2D eigenvalue weighted by molar-refractivity contribution is 5.85. The van der Waals surface area contributed by atoms with Crippen molar-refractivity contribution >= 4 is 5.78 Å². The van der Waals surface area contributed by atoms with E-state index < -0.39 is 11.7 Å². The Labute approximate surface area is 158 Å². The maximum atomic E-state index is 14.0. The second kappa shape index (κ2) is 8.69. The van der Waals surface area contributed by atoms with Gasteiger partial charge in [0.2, 0.25) is 5.78 Å². The number of hydrogen-bond acceptors (Lipinski definition) is 1. The van der Waals surface area contributed by atoms with E-state index in [-0.39, 0.29) is 11.8 Å². The Balaban J connectivity index is 1.97. The molecule has 0 saturated heterocycles. The number of carbonyl (C=O) groups excluding carboxylic acids is 1. The second-order valence-electron chi connectivity index (χ2n) is 9.61. The normalized spacial score (nSPS) is 25.3. The van der Waals surface area contributed by atoms with E-state index in [2.05, 4.69) is 0 Å². The minimum Gasteiger partial charge on any atom is -0.293 e. The van der Waals surface area contributed by atoms with Crippen molar-refractivity contribution in [1.29, 1.82) is 0 Å². The summed E-state index contributed by atoms with van der Waals surface area (Å²) >= 11 is 0. The average molecular weight is 369 g/mol. The van der Waals surface area contributed by atoms with Crippen LogP contribution >= 0.6 is 0 Å². The quantitative estimate of drug-likeness (QED) is 0.480.